The van der Waals surface area contributed by atoms with Crippen LogP contribution >= 0.6 is 15.9 Å². The Bertz CT molecular complexity index is 321. The van der Waals surface area contributed by atoms with Crippen LogP contribution in [-0.2, 0) is 0 Å². The van der Waals surface area contributed by atoms with Crippen LogP contribution in [0.5, 0.6) is 11.5 Å². The fraction of sp³-hybridized carbons (Fsp3) is 0.455. The second kappa shape index (κ2) is 4.22. The zero-order valence-corrected chi connectivity index (χ0v) is 9.71. The fourth-order valence-corrected chi connectivity index (χ4v) is 1.64. The molecule has 0 atom stereocenters. The summed E-state index contributed by atoms with van der Waals surface area (Å²) in [5.41, 5.74) is 0. The van der Waals surface area contributed by atoms with Crippen molar-refractivity contribution in [3.8, 4) is 11.5 Å². The van der Waals surface area contributed by atoms with E-state index >= 15 is 0 Å². The minimum absolute atomic E-state index is 0.782. The molecular formula is C11H13BrO2. The van der Waals surface area contributed by atoms with Crippen molar-refractivity contribution in [1.82, 2.24) is 0 Å². The monoisotopic (exact) mass is 256 g/mol. The van der Waals surface area contributed by atoms with Gasteiger partial charge in [0.15, 0.2) is 0 Å². The van der Waals surface area contributed by atoms with E-state index in [-0.39, 0.29) is 0 Å². The summed E-state index contributed by atoms with van der Waals surface area (Å²) in [5.74, 6) is 2.49. The number of ether oxygens (including phenoxy) is 2. The van der Waals surface area contributed by atoms with E-state index < -0.39 is 0 Å². The Morgan fingerprint density at radius 2 is 2.21 bits per heavy atom. The highest BCUT2D eigenvalue weighted by Crippen LogP contribution is 2.32. The van der Waals surface area contributed by atoms with Gasteiger partial charge >= 0.3 is 0 Å². The van der Waals surface area contributed by atoms with Crippen molar-refractivity contribution in [3.05, 3.63) is 22.7 Å². The standard InChI is InChI=1S/C11H13BrO2/c1-13-11-6-9(4-5-10(11)12)14-7-8-2-3-8/h4-6,8H,2-3,7H2,1H3. The molecule has 0 N–H and O–H groups in total. The van der Waals surface area contributed by atoms with E-state index in [9.17, 15) is 0 Å². The molecule has 0 unspecified atom stereocenters. The fourth-order valence-electron chi connectivity index (χ4n) is 1.23. The van der Waals surface area contributed by atoms with Gasteiger partial charge in [-0.05, 0) is 46.8 Å². The van der Waals surface area contributed by atoms with E-state index in [1.165, 1.54) is 12.8 Å². The van der Waals surface area contributed by atoms with Gasteiger partial charge in [-0.25, -0.2) is 0 Å². The normalized spacial score (nSPS) is 15.3. The SMILES string of the molecule is COc1cc(OCC2CC2)ccc1Br. The van der Waals surface area contributed by atoms with Gasteiger partial charge in [0, 0.05) is 6.07 Å². The predicted molar refractivity (Wildman–Crippen MR) is 58.9 cm³/mol. The molecule has 0 amide bonds. The quantitative estimate of drug-likeness (QED) is 0.824. The summed E-state index contributed by atoms with van der Waals surface area (Å²) in [5, 5.41) is 0. The van der Waals surface area contributed by atoms with Crippen molar-refractivity contribution in [3.63, 3.8) is 0 Å². The molecule has 0 bridgehead atoms. The Kier molecular flexibility index (Phi) is 2.96. The van der Waals surface area contributed by atoms with Crippen molar-refractivity contribution in [2.45, 2.75) is 12.8 Å². The van der Waals surface area contributed by atoms with Crippen molar-refractivity contribution >= 4 is 15.9 Å². The highest BCUT2D eigenvalue weighted by atomic mass is 79.9. The zero-order chi connectivity index (χ0) is 9.97. The van der Waals surface area contributed by atoms with E-state index in [0.717, 1.165) is 28.5 Å². The van der Waals surface area contributed by atoms with Crippen LogP contribution in [0.1, 0.15) is 12.8 Å². The van der Waals surface area contributed by atoms with E-state index in [1.807, 2.05) is 18.2 Å². The summed E-state index contributed by atoms with van der Waals surface area (Å²) in [6.07, 6.45) is 2.63. The summed E-state index contributed by atoms with van der Waals surface area (Å²) < 4.78 is 11.8. The van der Waals surface area contributed by atoms with Crippen LogP contribution in [0, 0.1) is 5.92 Å². The van der Waals surface area contributed by atoms with E-state index in [1.54, 1.807) is 7.11 Å². The summed E-state index contributed by atoms with van der Waals surface area (Å²) in [6.45, 7) is 0.838. The highest BCUT2D eigenvalue weighted by molar-refractivity contribution is 9.10. The van der Waals surface area contributed by atoms with Crippen molar-refractivity contribution in [1.29, 1.82) is 0 Å². The molecule has 1 fully saturated rings. The number of hydrogen-bond donors (Lipinski definition) is 0. The predicted octanol–water partition coefficient (Wildman–Crippen LogP) is 3.25. The van der Waals surface area contributed by atoms with Gasteiger partial charge in [-0.15, -0.1) is 0 Å². The zero-order valence-electron chi connectivity index (χ0n) is 8.13. The lowest BCUT2D eigenvalue weighted by molar-refractivity contribution is 0.297. The molecule has 1 aliphatic carbocycles. The molecule has 1 aromatic rings. The largest absolute Gasteiger partial charge is 0.495 e. The van der Waals surface area contributed by atoms with Gasteiger partial charge in [0.25, 0.3) is 0 Å². The Balaban J connectivity index is 2.01. The van der Waals surface area contributed by atoms with Crippen LogP contribution < -0.4 is 9.47 Å². The Morgan fingerprint density at radius 3 is 2.86 bits per heavy atom. The van der Waals surface area contributed by atoms with E-state index in [4.69, 9.17) is 9.47 Å². The molecule has 1 aromatic carbocycles. The number of methoxy groups -OCH3 is 1. The van der Waals surface area contributed by atoms with Gasteiger partial charge in [-0.2, -0.15) is 0 Å². The molecule has 2 nitrogen and oxygen atoms in total. The minimum Gasteiger partial charge on any atom is -0.495 e. The molecule has 0 radical (unpaired) electrons. The number of hydrogen-bond acceptors (Lipinski definition) is 2. The van der Waals surface area contributed by atoms with Crippen LogP contribution in [-0.4, -0.2) is 13.7 Å². The van der Waals surface area contributed by atoms with Crippen molar-refractivity contribution in [2.24, 2.45) is 5.92 Å². The molecule has 76 valence electrons. The summed E-state index contributed by atoms with van der Waals surface area (Å²) >= 11 is 3.40. The van der Waals surface area contributed by atoms with Crippen LogP contribution in [0.2, 0.25) is 0 Å². The second-order valence-corrected chi connectivity index (χ2v) is 4.41. The van der Waals surface area contributed by atoms with Gasteiger partial charge in [-0.3, -0.25) is 0 Å². The smallest absolute Gasteiger partial charge is 0.136 e. The summed E-state index contributed by atoms with van der Waals surface area (Å²) in [6, 6.07) is 5.81. The molecule has 1 saturated carbocycles. The molecule has 0 saturated heterocycles. The molecule has 0 aliphatic heterocycles. The molecule has 0 aromatic heterocycles. The van der Waals surface area contributed by atoms with Crippen LogP contribution in [0.25, 0.3) is 0 Å². The van der Waals surface area contributed by atoms with Gasteiger partial charge < -0.3 is 9.47 Å². The maximum absolute atomic E-state index is 5.63. The topological polar surface area (TPSA) is 18.5 Å². The van der Waals surface area contributed by atoms with E-state index in [2.05, 4.69) is 15.9 Å². The minimum atomic E-state index is 0.782. The molecule has 0 heterocycles. The molecule has 2 rings (SSSR count). The average Bonchev–Trinajstić information content (AvgIpc) is 3.00. The van der Waals surface area contributed by atoms with Crippen LogP contribution in [0.4, 0.5) is 0 Å². The highest BCUT2D eigenvalue weighted by Gasteiger charge is 2.21. The first-order valence-corrected chi connectivity index (χ1v) is 5.55. The Morgan fingerprint density at radius 1 is 1.43 bits per heavy atom. The maximum Gasteiger partial charge on any atom is 0.136 e. The van der Waals surface area contributed by atoms with Gasteiger partial charge in [-0.1, -0.05) is 0 Å². The number of rotatable bonds is 4. The molecule has 0 spiro atoms. The van der Waals surface area contributed by atoms with Gasteiger partial charge in [0.1, 0.15) is 11.5 Å². The molecular weight excluding hydrogens is 244 g/mol. The van der Waals surface area contributed by atoms with Crippen molar-refractivity contribution in [2.75, 3.05) is 13.7 Å². The third kappa shape index (κ3) is 2.41. The third-order valence-electron chi connectivity index (χ3n) is 2.31. The summed E-state index contributed by atoms with van der Waals surface area (Å²) in [4.78, 5) is 0. The first kappa shape index (κ1) is 9.84. The second-order valence-electron chi connectivity index (χ2n) is 3.55. The van der Waals surface area contributed by atoms with Crippen molar-refractivity contribution < 1.29 is 9.47 Å². The van der Waals surface area contributed by atoms with Gasteiger partial charge in [0.2, 0.25) is 0 Å². The Labute approximate surface area is 92.3 Å². The first-order valence-electron chi connectivity index (χ1n) is 4.76. The maximum atomic E-state index is 5.63. The average molecular weight is 257 g/mol. The first-order chi connectivity index (χ1) is 6.79. The Hall–Kier alpha value is -0.700. The lowest BCUT2D eigenvalue weighted by Crippen LogP contribution is -1.99. The molecule has 14 heavy (non-hydrogen) atoms. The lowest BCUT2D eigenvalue weighted by atomic mass is 10.3. The number of benzene rings is 1. The van der Waals surface area contributed by atoms with Gasteiger partial charge in [0.05, 0.1) is 18.2 Å². The van der Waals surface area contributed by atoms with E-state index in [0.29, 0.717) is 0 Å². The van der Waals surface area contributed by atoms with Crippen LogP contribution in [0.15, 0.2) is 22.7 Å². The van der Waals surface area contributed by atoms with Crippen LogP contribution in [0.3, 0.4) is 0 Å². The summed E-state index contributed by atoms with van der Waals surface area (Å²) in [7, 11) is 1.66. The number of halogens is 1. The third-order valence-corrected chi connectivity index (χ3v) is 2.96. The molecule has 3 heteroatoms. The molecule has 1 aliphatic rings. The lowest BCUT2D eigenvalue weighted by Gasteiger charge is -2.08.